The van der Waals surface area contributed by atoms with E-state index < -0.39 is 0 Å². The van der Waals surface area contributed by atoms with Gasteiger partial charge in [0, 0.05) is 25.2 Å². The highest BCUT2D eigenvalue weighted by atomic mass is 16.5. The van der Waals surface area contributed by atoms with E-state index in [4.69, 9.17) is 4.74 Å². The fourth-order valence-corrected chi connectivity index (χ4v) is 3.18. The SMILES string of the molecule is COc1ccc(C(=O)NCC2CCCNC2)cc1N1CCNC1=O. The molecule has 1 unspecified atom stereocenters. The summed E-state index contributed by atoms with van der Waals surface area (Å²) < 4.78 is 5.33. The molecule has 2 aliphatic rings. The third kappa shape index (κ3) is 3.62. The van der Waals surface area contributed by atoms with E-state index in [0.29, 0.717) is 42.6 Å². The maximum Gasteiger partial charge on any atom is 0.322 e. The molecule has 2 fully saturated rings. The molecule has 1 aromatic rings. The van der Waals surface area contributed by atoms with Gasteiger partial charge in [0.2, 0.25) is 0 Å². The fourth-order valence-electron chi connectivity index (χ4n) is 3.18. The number of carbonyl (C=O) groups is 2. The van der Waals surface area contributed by atoms with E-state index in [0.717, 1.165) is 25.9 Å². The van der Waals surface area contributed by atoms with Gasteiger partial charge in [0.1, 0.15) is 5.75 Å². The normalized spacial score (nSPS) is 20.6. The lowest BCUT2D eigenvalue weighted by Crippen LogP contribution is -2.38. The third-order valence-electron chi connectivity index (χ3n) is 4.54. The van der Waals surface area contributed by atoms with E-state index in [-0.39, 0.29) is 11.9 Å². The van der Waals surface area contributed by atoms with Crippen molar-refractivity contribution in [1.82, 2.24) is 16.0 Å². The lowest BCUT2D eigenvalue weighted by Gasteiger charge is -2.23. The van der Waals surface area contributed by atoms with Crippen LogP contribution in [0.4, 0.5) is 10.5 Å². The number of ether oxygens (including phenoxy) is 1. The zero-order chi connectivity index (χ0) is 16.9. The Labute approximate surface area is 141 Å². The van der Waals surface area contributed by atoms with Crippen LogP contribution in [0.1, 0.15) is 23.2 Å². The van der Waals surface area contributed by atoms with Gasteiger partial charge >= 0.3 is 6.03 Å². The van der Waals surface area contributed by atoms with Gasteiger partial charge < -0.3 is 20.7 Å². The van der Waals surface area contributed by atoms with E-state index >= 15 is 0 Å². The molecule has 7 nitrogen and oxygen atoms in total. The quantitative estimate of drug-likeness (QED) is 0.750. The standard InChI is InChI=1S/C17H24N4O3/c1-24-15-5-4-13(9-14(15)21-8-7-19-17(21)23)16(22)20-11-12-3-2-6-18-10-12/h4-5,9,12,18H,2-3,6-8,10-11H2,1H3,(H,19,23)(H,20,22). The summed E-state index contributed by atoms with van der Waals surface area (Å²) in [5.41, 5.74) is 1.16. The minimum Gasteiger partial charge on any atom is -0.495 e. The molecule has 7 heteroatoms. The Kier molecular flexibility index (Phi) is 5.20. The Bertz CT molecular complexity index is 614. The lowest BCUT2D eigenvalue weighted by molar-refractivity contribution is 0.0944. The largest absolute Gasteiger partial charge is 0.495 e. The minimum atomic E-state index is -0.167. The predicted octanol–water partition coefficient (Wildman–Crippen LogP) is 0.954. The number of hydrogen-bond donors (Lipinski definition) is 3. The summed E-state index contributed by atoms with van der Waals surface area (Å²) in [6.07, 6.45) is 2.28. The number of amides is 3. The molecule has 2 saturated heterocycles. The highest BCUT2D eigenvalue weighted by Gasteiger charge is 2.25. The van der Waals surface area contributed by atoms with Gasteiger partial charge in [-0.25, -0.2) is 4.79 Å². The number of anilines is 1. The van der Waals surface area contributed by atoms with Crippen molar-refractivity contribution in [1.29, 1.82) is 0 Å². The summed E-state index contributed by atoms with van der Waals surface area (Å²) in [7, 11) is 1.56. The first-order chi connectivity index (χ1) is 11.7. The van der Waals surface area contributed by atoms with Crippen LogP contribution in [0.5, 0.6) is 5.75 Å². The Balaban J connectivity index is 1.70. The summed E-state index contributed by atoms with van der Waals surface area (Å²) in [6.45, 7) is 3.82. The Morgan fingerprint density at radius 1 is 1.42 bits per heavy atom. The maximum absolute atomic E-state index is 12.4. The number of benzene rings is 1. The number of piperidine rings is 1. The average Bonchev–Trinajstić information content (AvgIpc) is 3.05. The third-order valence-corrected chi connectivity index (χ3v) is 4.54. The van der Waals surface area contributed by atoms with E-state index in [1.807, 2.05) is 0 Å². The topological polar surface area (TPSA) is 82.7 Å². The number of rotatable bonds is 5. The monoisotopic (exact) mass is 332 g/mol. The van der Waals surface area contributed by atoms with Crippen LogP contribution in [0.3, 0.4) is 0 Å². The first-order valence-electron chi connectivity index (χ1n) is 8.41. The van der Waals surface area contributed by atoms with E-state index in [1.165, 1.54) is 0 Å². The van der Waals surface area contributed by atoms with Gasteiger partial charge in [0.05, 0.1) is 12.8 Å². The van der Waals surface area contributed by atoms with E-state index in [1.54, 1.807) is 30.2 Å². The van der Waals surface area contributed by atoms with Crippen molar-refractivity contribution in [3.63, 3.8) is 0 Å². The zero-order valence-electron chi connectivity index (χ0n) is 13.9. The molecule has 24 heavy (non-hydrogen) atoms. The maximum atomic E-state index is 12.4. The lowest BCUT2D eigenvalue weighted by atomic mass is 9.99. The molecule has 0 bridgehead atoms. The number of hydrogen-bond acceptors (Lipinski definition) is 4. The molecular formula is C17H24N4O3. The number of nitrogens with one attached hydrogen (secondary N) is 3. The Morgan fingerprint density at radius 3 is 2.96 bits per heavy atom. The molecule has 1 atom stereocenters. The first kappa shape index (κ1) is 16.6. The minimum absolute atomic E-state index is 0.121. The van der Waals surface area contributed by atoms with Crippen molar-refractivity contribution < 1.29 is 14.3 Å². The Morgan fingerprint density at radius 2 is 2.29 bits per heavy atom. The van der Waals surface area contributed by atoms with Gasteiger partial charge in [-0.1, -0.05) is 0 Å². The van der Waals surface area contributed by atoms with Crippen molar-refractivity contribution in [3.05, 3.63) is 23.8 Å². The van der Waals surface area contributed by atoms with Crippen molar-refractivity contribution in [2.45, 2.75) is 12.8 Å². The van der Waals surface area contributed by atoms with Crippen LogP contribution in [0.2, 0.25) is 0 Å². The van der Waals surface area contributed by atoms with Crippen LogP contribution < -0.4 is 25.6 Å². The molecule has 0 aliphatic carbocycles. The van der Waals surface area contributed by atoms with Gasteiger partial charge in [-0.3, -0.25) is 9.69 Å². The van der Waals surface area contributed by atoms with Crippen LogP contribution >= 0.6 is 0 Å². The fraction of sp³-hybridized carbons (Fsp3) is 0.529. The van der Waals surface area contributed by atoms with E-state index in [9.17, 15) is 9.59 Å². The second-order valence-electron chi connectivity index (χ2n) is 6.19. The number of carbonyl (C=O) groups excluding carboxylic acids is 2. The first-order valence-corrected chi connectivity index (χ1v) is 8.41. The molecule has 2 heterocycles. The Hall–Kier alpha value is -2.28. The van der Waals surface area contributed by atoms with Crippen molar-refractivity contribution in [2.75, 3.05) is 44.7 Å². The summed E-state index contributed by atoms with van der Waals surface area (Å²) in [5.74, 6) is 0.939. The summed E-state index contributed by atoms with van der Waals surface area (Å²) in [4.78, 5) is 26.0. The summed E-state index contributed by atoms with van der Waals surface area (Å²) >= 11 is 0. The number of methoxy groups -OCH3 is 1. The summed E-state index contributed by atoms with van der Waals surface area (Å²) in [6, 6.07) is 5.01. The highest BCUT2D eigenvalue weighted by molar-refractivity contribution is 5.99. The molecule has 0 spiro atoms. The van der Waals surface area contributed by atoms with Crippen LogP contribution in [-0.2, 0) is 0 Å². The average molecular weight is 332 g/mol. The highest BCUT2D eigenvalue weighted by Crippen LogP contribution is 2.30. The van der Waals surface area contributed by atoms with Gasteiger partial charge in [-0.2, -0.15) is 0 Å². The van der Waals surface area contributed by atoms with E-state index in [2.05, 4.69) is 16.0 Å². The van der Waals surface area contributed by atoms with Crippen molar-refractivity contribution in [2.24, 2.45) is 5.92 Å². The second-order valence-corrected chi connectivity index (χ2v) is 6.19. The predicted molar refractivity (Wildman–Crippen MR) is 91.7 cm³/mol. The molecule has 3 rings (SSSR count). The van der Waals surface area contributed by atoms with Gasteiger partial charge in [-0.05, 0) is 50.0 Å². The van der Waals surface area contributed by atoms with Crippen LogP contribution in [0.25, 0.3) is 0 Å². The molecule has 2 aliphatic heterocycles. The second kappa shape index (κ2) is 7.53. The molecule has 130 valence electrons. The smallest absolute Gasteiger partial charge is 0.322 e. The van der Waals surface area contributed by atoms with Gasteiger partial charge in [0.15, 0.2) is 0 Å². The number of urea groups is 1. The van der Waals surface area contributed by atoms with Gasteiger partial charge in [0.25, 0.3) is 5.91 Å². The van der Waals surface area contributed by atoms with Crippen LogP contribution in [-0.4, -0.2) is 51.8 Å². The molecule has 0 aromatic heterocycles. The number of nitrogens with zero attached hydrogens (tertiary/aromatic N) is 1. The molecule has 1 aromatic carbocycles. The molecule has 3 N–H and O–H groups in total. The zero-order valence-corrected chi connectivity index (χ0v) is 13.9. The van der Waals surface area contributed by atoms with Crippen LogP contribution in [0, 0.1) is 5.92 Å². The van der Waals surface area contributed by atoms with Crippen molar-refractivity contribution in [3.8, 4) is 5.75 Å². The summed E-state index contributed by atoms with van der Waals surface area (Å²) in [5, 5.41) is 9.10. The van der Waals surface area contributed by atoms with Crippen molar-refractivity contribution >= 4 is 17.6 Å². The molecule has 0 saturated carbocycles. The van der Waals surface area contributed by atoms with Crippen LogP contribution in [0.15, 0.2) is 18.2 Å². The van der Waals surface area contributed by atoms with Gasteiger partial charge in [-0.15, -0.1) is 0 Å². The molecule has 0 radical (unpaired) electrons. The molecular weight excluding hydrogens is 308 g/mol. The molecule has 3 amide bonds.